The van der Waals surface area contributed by atoms with Crippen molar-refractivity contribution in [2.75, 3.05) is 0 Å². The van der Waals surface area contributed by atoms with Crippen LogP contribution in [0.2, 0.25) is 10.0 Å². The predicted octanol–water partition coefficient (Wildman–Crippen LogP) is 3.51. The standard InChI is InChI=1S/C15H11Cl2NO2/c16-11-6-5-9(7-12(11)17)8-18-13-4-2-1-3-10(13)14(19)15(18)20/h1,3,5-7H,2,4,8H2. The van der Waals surface area contributed by atoms with E-state index in [0.29, 0.717) is 28.6 Å². The van der Waals surface area contributed by atoms with Crippen molar-refractivity contribution in [1.29, 1.82) is 0 Å². The Balaban J connectivity index is 1.92. The number of nitrogens with zero attached hydrogens (tertiary/aromatic N) is 1. The normalized spacial score (nSPS) is 18.0. The first kappa shape index (κ1) is 13.4. The van der Waals surface area contributed by atoms with Crippen LogP contribution in [-0.2, 0) is 16.1 Å². The van der Waals surface area contributed by atoms with Gasteiger partial charge >= 0.3 is 0 Å². The lowest BCUT2D eigenvalue weighted by Gasteiger charge is -2.21. The molecule has 0 bridgehead atoms. The molecule has 2 aliphatic rings. The summed E-state index contributed by atoms with van der Waals surface area (Å²) in [7, 11) is 0. The molecule has 1 amide bonds. The Morgan fingerprint density at radius 3 is 2.70 bits per heavy atom. The molecule has 0 N–H and O–H groups in total. The van der Waals surface area contributed by atoms with Gasteiger partial charge in [0.15, 0.2) is 0 Å². The maximum Gasteiger partial charge on any atom is 0.299 e. The maximum absolute atomic E-state index is 12.1. The minimum atomic E-state index is -0.465. The predicted molar refractivity (Wildman–Crippen MR) is 77.4 cm³/mol. The molecule has 1 aromatic carbocycles. The highest BCUT2D eigenvalue weighted by atomic mass is 35.5. The zero-order valence-electron chi connectivity index (χ0n) is 10.5. The Labute approximate surface area is 126 Å². The Kier molecular flexibility index (Phi) is 3.40. The van der Waals surface area contributed by atoms with Crippen molar-refractivity contribution in [2.45, 2.75) is 19.4 Å². The van der Waals surface area contributed by atoms with E-state index in [-0.39, 0.29) is 0 Å². The number of carbonyl (C=O) groups is 2. The summed E-state index contributed by atoms with van der Waals surface area (Å²) in [6.45, 7) is 0.341. The fraction of sp³-hybridized carbons (Fsp3) is 0.200. The number of ketones is 1. The minimum Gasteiger partial charge on any atom is -0.304 e. The van der Waals surface area contributed by atoms with Gasteiger partial charge in [0.25, 0.3) is 11.7 Å². The molecular formula is C15H11Cl2NO2. The lowest BCUT2D eigenvalue weighted by Crippen LogP contribution is -2.28. The molecule has 0 radical (unpaired) electrons. The van der Waals surface area contributed by atoms with Gasteiger partial charge < -0.3 is 4.90 Å². The van der Waals surface area contributed by atoms with Gasteiger partial charge in [-0.25, -0.2) is 0 Å². The highest BCUT2D eigenvalue weighted by Crippen LogP contribution is 2.32. The average molecular weight is 308 g/mol. The number of carbonyl (C=O) groups excluding carboxylic acids is 2. The quantitative estimate of drug-likeness (QED) is 0.784. The first-order valence-electron chi connectivity index (χ1n) is 6.28. The highest BCUT2D eigenvalue weighted by Gasteiger charge is 2.37. The Morgan fingerprint density at radius 1 is 1.15 bits per heavy atom. The molecule has 0 spiro atoms. The van der Waals surface area contributed by atoms with Crippen LogP contribution in [0.5, 0.6) is 0 Å². The van der Waals surface area contributed by atoms with E-state index < -0.39 is 11.7 Å². The Morgan fingerprint density at radius 2 is 1.95 bits per heavy atom. The summed E-state index contributed by atoms with van der Waals surface area (Å²) in [5.74, 6) is -0.886. The van der Waals surface area contributed by atoms with Crippen LogP contribution in [0.4, 0.5) is 0 Å². The van der Waals surface area contributed by atoms with Crippen LogP contribution in [0.3, 0.4) is 0 Å². The third-order valence-electron chi connectivity index (χ3n) is 3.48. The lowest BCUT2D eigenvalue weighted by molar-refractivity contribution is -0.139. The number of allylic oxidation sites excluding steroid dienone is 3. The molecule has 0 unspecified atom stereocenters. The smallest absolute Gasteiger partial charge is 0.299 e. The van der Waals surface area contributed by atoms with Gasteiger partial charge in [-0.2, -0.15) is 0 Å². The van der Waals surface area contributed by atoms with Crippen LogP contribution in [0.25, 0.3) is 0 Å². The van der Waals surface area contributed by atoms with Gasteiger partial charge in [-0.15, -0.1) is 0 Å². The van der Waals surface area contributed by atoms with Crippen molar-refractivity contribution in [3.8, 4) is 0 Å². The fourth-order valence-electron chi connectivity index (χ4n) is 2.49. The topological polar surface area (TPSA) is 37.4 Å². The molecule has 5 heteroatoms. The van der Waals surface area contributed by atoms with Crippen LogP contribution in [0.15, 0.2) is 41.6 Å². The molecule has 102 valence electrons. The van der Waals surface area contributed by atoms with E-state index in [1.54, 1.807) is 23.1 Å². The minimum absolute atomic E-state index is 0.341. The van der Waals surface area contributed by atoms with E-state index in [2.05, 4.69) is 0 Å². The lowest BCUT2D eigenvalue weighted by atomic mass is 10.0. The molecule has 0 aromatic heterocycles. The molecular weight excluding hydrogens is 297 g/mol. The van der Waals surface area contributed by atoms with Gasteiger partial charge in [-0.1, -0.05) is 41.4 Å². The Bertz CT molecular complexity index is 676. The number of amides is 1. The van der Waals surface area contributed by atoms with E-state index in [4.69, 9.17) is 23.2 Å². The summed E-state index contributed by atoms with van der Waals surface area (Å²) in [5.41, 5.74) is 2.19. The van der Waals surface area contributed by atoms with E-state index >= 15 is 0 Å². The molecule has 20 heavy (non-hydrogen) atoms. The fourth-order valence-corrected chi connectivity index (χ4v) is 2.81. The zero-order valence-corrected chi connectivity index (χ0v) is 12.0. The molecule has 1 aliphatic carbocycles. The Hall–Kier alpha value is -1.58. The van der Waals surface area contributed by atoms with Crippen LogP contribution >= 0.6 is 23.2 Å². The third kappa shape index (κ3) is 2.17. The molecule has 0 fully saturated rings. The van der Waals surface area contributed by atoms with Crippen LogP contribution < -0.4 is 0 Å². The molecule has 0 saturated carbocycles. The van der Waals surface area contributed by atoms with Crippen molar-refractivity contribution in [3.05, 3.63) is 57.2 Å². The zero-order chi connectivity index (χ0) is 14.3. The first-order valence-corrected chi connectivity index (χ1v) is 7.03. The van der Waals surface area contributed by atoms with Gasteiger partial charge in [0.05, 0.1) is 16.6 Å². The van der Waals surface area contributed by atoms with E-state index in [9.17, 15) is 9.59 Å². The summed E-state index contributed by atoms with van der Waals surface area (Å²) in [6.07, 6.45) is 5.22. The van der Waals surface area contributed by atoms with Gasteiger partial charge in [-0.3, -0.25) is 9.59 Å². The van der Waals surface area contributed by atoms with Crippen LogP contribution in [0, 0.1) is 0 Å². The van der Waals surface area contributed by atoms with Crippen molar-refractivity contribution in [1.82, 2.24) is 4.90 Å². The van der Waals surface area contributed by atoms with E-state index in [0.717, 1.165) is 17.7 Å². The second kappa shape index (κ2) is 5.08. The maximum atomic E-state index is 12.1. The van der Waals surface area contributed by atoms with Gasteiger partial charge in [0, 0.05) is 11.3 Å². The summed E-state index contributed by atoms with van der Waals surface area (Å²) in [5, 5.41) is 0.916. The van der Waals surface area contributed by atoms with Crippen LogP contribution in [-0.4, -0.2) is 16.6 Å². The van der Waals surface area contributed by atoms with Crippen molar-refractivity contribution in [3.63, 3.8) is 0 Å². The second-order valence-electron chi connectivity index (χ2n) is 4.77. The monoisotopic (exact) mass is 307 g/mol. The molecule has 0 saturated heterocycles. The number of hydrogen-bond acceptors (Lipinski definition) is 2. The second-order valence-corrected chi connectivity index (χ2v) is 5.58. The summed E-state index contributed by atoms with van der Waals surface area (Å²) in [4.78, 5) is 25.5. The number of hydrogen-bond donors (Lipinski definition) is 0. The third-order valence-corrected chi connectivity index (χ3v) is 4.22. The molecule has 0 atom stereocenters. The highest BCUT2D eigenvalue weighted by molar-refractivity contribution is 6.46. The average Bonchev–Trinajstić information content (AvgIpc) is 2.69. The first-order chi connectivity index (χ1) is 9.58. The molecule has 1 heterocycles. The van der Waals surface area contributed by atoms with Crippen molar-refractivity contribution in [2.24, 2.45) is 0 Å². The van der Waals surface area contributed by atoms with E-state index in [1.807, 2.05) is 12.1 Å². The summed E-state index contributed by atoms with van der Waals surface area (Å²) in [6, 6.07) is 5.22. The number of rotatable bonds is 2. The van der Waals surface area contributed by atoms with Crippen LogP contribution in [0.1, 0.15) is 18.4 Å². The van der Waals surface area contributed by atoms with Gasteiger partial charge in [0.1, 0.15) is 0 Å². The van der Waals surface area contributed by atoms with Gasteiger partial charge in [0.2, 0.25) is 0 Å². The largest absolute Gasteiger partial charge is 0.304 e. The number of halogens is 2. The summed E-state index contributed by atoms with van der Waals surface area (Å²) < 4.78 is 0. The molecule has 3 rings (SSSR count). The van der Waals surface area contributed by atoms with Gasteiger partial charge in [-0.05, 0) is 30.5 Å². The molecule has 3 nitrogen and oxygen atoms in total. The van der Waals surface area contributed by atoms with E-state index in [1.165, 1.54) is 0 Å². The number of benzene rings is 1. The molecule has 1 aliphatic heterocycles. The van der Waals surface area contributed by atoms with Crippen molar-refractivity contribution < 1.29 is 9.59 Å². The number of Topliss-reactive ketones (excluding diaryl/α,β-unsaturated/α-hetero) is 1. The SMILES string of the molecule is O=C1C(=O)N(Cc2ccc(Cl)c(Cl)c2)C2=C1C=CCC2. The molecule has 1 aromatic rings. The summed E-state index contributed by atoms with van der Waals surface area (Å²) >= 11 is 11.9. The van der Waals surface area contributed by atoms with Crippen molar-refractivity contribution >= 4 is 34.9 Å².